The van der Waals surface area contributed by atoms with Crippen LogP contribution in [0.4, 0.5) is 5.69 Å². The van der Waals surface area contributed by atoms with Crippen molar-refractivity contribution in [2.45, 2.75) is 31.6 Å². The van der Waals surface area contributed by atoms with Gasteiger partial charge in [0, 0.05) is 40.2 Å². The van der Waals surface area contributed by atoms with E-state index in [0.717, 1.165) is 10.0 Å². The quantitative estimate of drug-likeness (QED) is 0.753. The van der Waals surface area contributed by atoms with Crippen LogP contribution < -0.4 is 4.90 Å². The Kier molecular flexibility index (Phi) is 4.89. The molecule has 0 saturated carbocycles. The maximum absolute atomic E-state index is 13.1. The molecule has 1 N–H and O–H groups in total. The van der Waals surface area contributed by atoms with Crippen molar-refractivity contribution < 1.29 is 19.5 Å². The Bertz CT molecular complexity index is 1030. The molecule has 0 aromatic heterocycles. The van der Waals surface area contributed by atoms with Crippen LogP contribution in [-0.2, 0) is 9.59 Å². The van der Waals surface area contributed by atoms with Crippen molar-refractivity contribution in [3.8, 4) is 0 Å². The van der Waals surface area contributed by atoms with Gasteiger partial charge in [0.2, 0.25) is 5.91 Å². The number of halogens is 1. The van der Waals surface area contributed by atoms with Crippen LogP contribution in [0, 0.1) is 0 Å². The number of carboxylic acids is 1. The van der Waals surface area contributed by atoms with Gasteiger partial charge in [0.15, 0.2) is 5.78 Å². The number of anilines is 1. The Morgan fingerprint density at radius 2 is 1.86 bits per heavy atom. The monoisotopic (exact) mass is 439 g/mol. The number of Topliss-reactive ketones (excluding diaryl/α,β-unsaturated/α-hetero) is 1. The second-order valence-corrected chi connectivity index (χ2v) is 7.95. The normalized spacial score (nSPS) is 19.6. The van der Waals surface area contributed by atoms with Gasteiger partial charge < -0.3 is 5.11 Å². The fourth-order valence-corrected chi connectivity index (χ4v) is 4.50. The molecule has 5 nitrogen and oxygen atoms in total. The molecule has 6 heteroatoms. The van der Waals surface area contributed by atoms with E-state index >= 15 is 0 Å². The summed E-state index contributed by atoms with van der Waals surface area (Å²) in [5.74, 6) is -1.38. The van der Waals surface area contributed by atoms with Gasteiger partial charge in [-0.25, -0.2) is 4.79 Å². The van der Waals surface area contributed by atoms with Crippen LogP contribution in [0.5, 0.6) is 0 Å². The van der Waals surface area contributed by atoms with E-state index in [1.54, 1.807) is 17.0 Å². The first kappa shape index (κ1) is 18.6. The molecule has 1 aliphatic carbocycles. The van der Waals surface area contributed by atoms with E-state index in [2.05, 4.69) is 15.9 Å². The van der Waals surface area contributed by atoms with Crippen molar-refractivity contribution in [2.75, 3.05) is 4.90 Å². The highest BCUT2D eigenvalue weighted by molar-refractivity contribution is 9.10. The summed E-state index contributed by atoms with van der Waals surface area (Å²) in [6, 6.07) is 14.0. The predicted octanol–water partition coefficient (Wildman–Crippen LogP) is 4.67. The minimum atomic E-state index is -1.05. The standard InChI is InChI=1S/C22H18BrNO4/c23-15-6-1-4-13(10-15)17-12-20(26)24(18-8-3-9-19(25)21(17)18)16-7-2-5-14(11-16)22(27)28/h1-2,4-7,10-11,17H,3,8-9,12H2,(H,27,28). The number of hydrogen-bond donors (Lipinski definition) is 1. The van der Waals surface area contributed by atoms with Crippen molar-refractivity contribution in [2.24, 2.45) is 0 Å². The summed E-state index contributed by atoms with van der Waals surface area (Å²) in [6.07, 6.45) is 1.96. The largest absolute Gasteiger partial charge is 0.478 e. The average molecular weight is 440 g/mol. The zero-order valence-electron chi connectivity index (χ0n) is 15.0. The average Bonchev–Trinajstić information content (AvgIpc) is 2.67. The molecule has 142 valence electrons. The lowest BCUT2D eigenvalue weighted by molar-refractivity contribution is -0.119. The molecular weight excluding hydrogens is 422 g/mol. The third kappa shape index (κ3) is 3.29. The van der Waals surface area contributed by atoms with Crippen LogP contribution in [0.3, 0.4) is 0 Å². The molecule has 1 unspecified atom stereocenters. The van der Waals surface area contributed by atoms with E-state index in [4.69, 9.17) is 0 Å². The number of carbonyl (C=O) groups excluding carboxylic acids is 2. The molecule has 1 amide bonds. The van der Waals surface area contributed by atoms with Crippen molar-refractivity contribution in [1.29, 1.82) is 0 Å². The number of aromatic carboxylic acids is 1. The SMILES string of the molecule is O=C1CCCC2=C1C(c1cccc(Br)c1)CC(=O)N2c1cccc(C(=O)O)c1. The highest BCUT2D eigenvalue weighted by Gasteiger charge is 2.39. The maximum atomic E-state index is 13.1. The molecule has 0 bridgehead atoms. The second-order valence-electron chi connectivity index (χ2n) is 7.03. The predicted molar refractivity (Wildman–Crippen MR) is 108 cm³/mol. The first-order chi connectivity index (χ1) is 13.5. The third-order valence-electron chi connectivity index (χ3n) is 5.28. The molecule has 0 fully saturated rings. The maximum Gasteiger partial charge on any atom is 0.335 e. The van der Waals surface area contributed by atoms with Crippen LogP contribution in [0.2, 0.25) is 0 Å². The van der Waals surface area contributed by atoms with Gasteiger partial charge in [-0.15, -0.1) is 0 Å². The summed E-state index contributed by atoms with van der Waals surface area (Å²) in [7, 11) is 0. The molecule has 0 saturated heterocycles. The van der Waals surface area contributed by atoms with Crippen LogP contribution in [0.25, 0.3) is 0 Å². The highest BCUT2D eigenvalue weighted by atomic mass is 79.9. The second kappa shape index (κ2) is 7.36. The first-order valence-corrected chi connectivity index (χ1v) is 9.93. The number of allylic oxidation sites excluding steroid dienone is 2. The van der Waals surface area contributed by atoms with Gasteiger partial charge in [-0.1, -0.05) is 34.1 Å². The van der Waals surface area contributed by atoms with E-state index < -0.39 is 5.97 Å². The van der Waals surface area contributed by atoms with E-state index in [1.807, 2.05) is 24.3 Å². The fraction of sp³-hybridized carbons (Fsp3) is 0.227. The summed E-state index contributed by atoms with van der Waals surface area (Å²) in [6.45, 7) is 0. The van der Waals surface area contributed by atoms with E-state index in [9.17, 15) is 19.5 Å². The molecule has 0 radical (unpaired) electrons. The topological polar surface area (TPSA) is 74.7 Å². The number of hydrogen-bond acceptors (Lipinski definition) is 3. The highest BCUT2D eigenvalue weighted by Crippen LogP contribution is 2.43. The van der Waals surface area contributed by atoms with Crippen molar-refractivity contribution >= 4 is 39.3 Å². The lowest BCUT2D eigenvalue weighted by Crippen LogP contribution is -2.40. The van der Waals surface area contributed by atoms with Crippen LogP contribution >= 0.6 is 15.9 Å². The minimum Gasteiger partial charge on any atom is -0.478 e. The van der Waals surface area contributed by atoms with Crippen LogP contribution in [0.1, 0.15) is 47.5 Å². The number of carbonyl (C=O) groups is 3. The van der Waals surface area contributed by atoms with E-state index in [-0.39, 0.29) is 29.6 Å². The Hall–Kier alpha value is -2.73. The lowest BCUT2D eigenvalue weighted by Gasteiger charge is -2.38. The van der Waals surface area contributed by atoms with Crippen LogP contribution in [0.15, 0.2) is 64.3 Å². The molecule has 2 aromatic rings. The fourth-order valence-electron chi connectivity index (χ4n) is 4.08. The molecule has 2 aliphatic rings. The van der Waals surface area contributed by atoms with E-state index in [1.165, 1.54) is 12.1 Å². The molecule has 2 aromatic carbocycles. The van der Waals surface area contributed by atoms with Gasteiger partial charge in [-0.2, -0.15) is 0 Å². The van der Waals surface area contributed by atoms with Crippen LogP contribution in [-0.4, -0.2) is 22.8 Å². The van der Waals surface area contributed by atoms with Gasteiger partial charge in [-0.3, -0.25) is 14.5 Å². The minimum absolute atomic E-state index is 0.0677. The summed E-state index contributed by atoms with van der Waals surface area (Å²) >= 11 is 3.47. The Morgan fingerprint density at radius 1 is 1.07 bits per heavy atom. The van der Waals surface area contributed by atoms with Gasteiger partial charge in [-0.05, 0) is 48.7 Å². The molecular formula is C22H18BrNO4. The van der Waals surface area contributed by atoms with E-state index in [0.29, 0.717) is 36.2 Å². The summed E-state index contributed by atoms with van der Waals surface area (Å²) in [5, 5.41) is 9.29. The summed E-state index contributed by atoms with van der Waals surface area (Å²) in [4.78, 5) is 38.9. The molecule has 28 heavy (non-hydrogen) atoms. The van der Waals surface area contributed by atoms with Gasteiger partial charge in [0.25, 0.3) is 0 Å². The number of benzene rings is 2. The number of amides is 1. The van der Waals surface area contributed by atoms with Crippen molar-refractivity contribution in [1.82, 2.24) is 0 Å². The zero-order chi connectivity index (χ0) is 19.8. The van der Waals surface area contributed by atoms with Gasteiger partial charge in [0.1, 0.15) is 0 Å². The number of ketones is 1. The van der Waals surface area contributed by atoms with Gasteiger partial charge in [0.05, 0.1) is 5.56 Å². The smallest absolute Gasteiger partial charge is 0.335 e. The summed E-state index contributed by atoms with van der Waals surface area (Å²) < 4.78 is 0.902. The zero-order valence-corrected chi connectivity index (χ0v) is 16.6. The molecule has 1 heterocycles. The Balaban J connectivity index is 1.86. The third-order valence-corrected chi connectivity index (χ3v) is 5.77. The number of rotatable bonds is 3. The van der Waals surface area contributed by atoms with Crippen molar-refractivity contribution in [3.63, 3.8) is 0 Å². The lowest BCUT2D eigenvalue weighted by atomic mass is 9.77. The Morgan fingerprint density at radius 3 is 2.61 bits per heavy atom. The Labute approximate surface area is 170 Å². The van der Waals surface area contributed by atoms with Gasteiger partial charge >= 0.3 is 5.97 Å². The molecule has 4 rings (SSSR count). The number of nitrogens with zero attached hydrogens (tertiary/aromatic N) is 1. The molecule has 1 aliphatic heterocycles. The summed E-state index contributed by atoms with van der Waals surface area (Å²) in [5.41, 5.74) is 2.94. The molecule has 1 atom stereocenters. The van der Waals surface area contributed by atoms with Crippen molar-refractivity contribution in [3.05, 3.63) is 75.4 Å². The molecule has 0 spiro atoms. The first-order valence-electron chi connectivity index (χ1n) is 9.13. The number of carboxylic acid groups (broad SMARTS) is 1.